The number of benzene rings is 2. The number of anilines is 1. The van der Waals surface area contributed by atoms with Crippen molar-refractivity contribution in [1.82, 2.24) is 0 Å². The van der Waals surface area contributed by atoms with Gasteiger partial charge >= 0.3 is 6.18 Å². The predicted molar refractivity (Wildman–Crippen MR) is 81.9 cm³/mol. The molecule has 130 valence electrons. The Balaban J connectivity index is 1.79. The van der Waals surface area contributed by atoms with E-state index in [1.165, 1.54) is 6.21 Å². The zero-order chi connectivity index (χ0) is 18.0. The van der Waals surface area contributed by atoms with Gasteiger partial charge in [-0.1, -0.05) is 0 Å². The average Bonchev–Trinajstić information content (AvgIpc) is 3.01. The Morgan fingerprint density at radius 1 is 1.16 bits per heavy atom. The highest BCUT2D eigenvalue weighted by Crippen LogP contribution is 2.35. The molecule has 2 aromatic rings. The van der Waals surface area contributed by atoms with Crippen LogP contribution in [-0.2, 0) is 6.18 Å². The van der Waals surface area contributed by atoms with Crippen LogP contribution in [-0.4, -0.2) is 17.9 Å². The molecule has 3 rings (SSSR count). The van der Waals surface area contributed by atoms with E-state index in [1.54, 1.807) is 18.2 Å². The number of hydrogen-bond donors (Lipinski definition) is 1. The highest BCUT2D eigenvalue weighted by molar-refractivity contribution is 5.82. The first-order valence-corrected chi connectivity index (χ1v) is 6.89. The number of alkyl halides is 3. The third kappa shape index (κ3) is 3.62. The first-order chi connectivity index (χ1) is 11.8. The second-order valence-corrected chi connectivity index (χ2v) is 4.97. The van der Waals surface area contributed by atoms with E-state index in [9.17, 15) is 23.3 Å². The average molecular weight is 353 g/mol. The molecule has 0 radical (unpaired) electrons. The molecule has 0 aliphatic carbocycles. The molecule has 0 unspecified atom stereocenters. The Hall–Kier alpha value is -3.30. The molecule has 10 heteroatoms. The summed E-state index contributed by atoms with van der Waals surface area (Å²) in [4.78, 5) is 10.1. The third-order valence-corrected chi connectivity index (χ3v) is 3.32. The number of rotatable bonds is 4. The van der Waals surface area contributed by atoms with Gasteiger partial charge in [-0.15, -0.1) is 0 Å². The van der Waals surface area contributed by atoms with Crippen LogP contribution in [0.2, 0.25) is 0 Å². The second-order valence-electron chi connectivity index (χ2n) is 4.97. The van der Waals surface area contributed by atoms with Gasteiger partial charge in [-0.25, -0.2) is 0 Å². The normalized spacial score (nSPS) is 13.2. The summed E-state index contributed by atoms with van der Waals surface area (Å²) in [6.07, 6.45) is -3.32. The Labute approximate surface area is 138 Å². The first kappa shape index (κ1) is 16.6. The fourth-order valence-electron chi connectivity index (χ4n) is 2.12. The van der Waals surface area contributed by atoms with Gasteiger partial charge in [0.15, 0.2) is 11.5 Å². The van der Waals surface area contributed by atoms with Crippen molar-refractivity contribution in [1.29, 1.82) is 0 Å². The Kier molecular flexibility index (Phi) is 4.17. The quantitative estimate of drug-likeness (QED) is 0.513. The Bertz CT molecular complexity index is 852. The van der Waals surface area contributed by atoms with Crippen LogP contribution in [0.15, 0.2) is 41.5 Å². The van der Waals surface area contributed by atoms with Crippen molar-refractivity contribution in [3.63, 3.8) is 0 Å². The molecule has 1 heterocycles. The van der Waals surface area contributed by atoms with Crippen molar-refractivity contribution >= 4 is 17.6 Å². The fourth-order valence-corrected chi connectivity index (χ4v) is 2.12. The number of nitrogens with one attached hydrogen (secondary N) is 1. The van der Waals surface area contributed by atoms with Gasteiger partial charge in [0, 0.05) is 6.07 Å². The van der Waals surface area contributed by atoms with Gasteiger partial charge in [-0.3, -0.25) is 15.5 Å². The zero-order valence-corrected chi connectivity index (χ0v) is 12.4. The molecule has 0 bridgehead atoms. The van der Waals surface area contributed by atoms with E-state index in [2.05, 4.69) is 10.5 Å². The van der Waals surface area contributed by atoms with Crippen molar-refractivity contribution < 1.29 is 27.6 Å². The van der Waals surface area contributed by atoms with Crippen LogP contribution in [0.25, 0.3) is 0 Å². The van der Waals surface area contributed by atoms with E-state index in [0.717, 1.165) is 12.1 Å². The molecule has 0 saturated heterocycles. The van der Waals surface area contributed by atoms with Gasteiger partial charge < -0.3 is 9.47 Å². The number of nitrogens with zero attached hydrogens (tertiary/aromatic N) is 2. The van der Waals surface area contributed by atoms with Crippen molar-refractivity contribution in [2.75, 3.05) is 12.2 Å². The van der Waals surface area contributed by atoms with Crippen LogP contribution in [0, 0.1) is 10.1 Å². The van der Waals surface area contributed by atoms with Crippen LogP contribution in [0.4, 0.5) is 24.5 Å². The van der Waals surface area contributed by atoms with Crippen LogP contribution in [0.3, 0.4) is 0 Å². The molecule has 1 aliphatic rings. The number of fused-ring (bicyclic) bond motifs is 1. The van der Waals surface area contributed by atoms with Crippen molar-refractivity contribution in [3.05, 3.63) is 57.6 Å². The monoisotopic (exact) mass is 353 g/mol. The molecule has 0 spiro atoms. The molecular formula is C15H10F3N3O4. The molecule has 25 heavy (non-hydrogen) atoms. The van der Waals surface area contributed by atoms with Crippen molar-refractivity contribution in [2.24, 2.45) is 5.10 Å². The molecule has 0 aromatic heterocycles. The molecule has 7 nitrogen and oxygen atoms in total. The van der Waals surface area contributed by atoms with Gasteiger partial charge in [0.2, 0.25) is 6.79 Å². The van der Waals surface area contributed by atoms with Gasteiger partial charge in [-0.2, -0.15) is 18.3 Å². The topological polar surface area (TPSA) is 86.0 Å². The maximum Gasteiger partial charge on any atom is 0.416 e. The Morgan fingerprint density at radius 3 is 2.64 bits per heavy atom. The number of hydrogen-bond acceptors (Lipinski definition) is 6. The summed E-state index contributed by atoms with van der Waals surface area (Å²) >= 11 is 0. The van der Waals surface area contributed by atoms with E-state index in [1.807, 2.05) is 0 Å². The maximum absolute atomic E-state index is 12.7. The van der Waals surface area contributed by atoms with Crippen LogP contribution >= 0.6 is 0 Å². The van der Waals surface area contributed by atoms with Crippen LogP contribution in [0.1, 0.15) is 11.1 Å². The first-order valence-electron chi connectivity index (χ1n) is 6.89. The predicted octanol–water partition coefficient (Wildman–Crippen LogP) is 3.79. The summed E-state index contributed by atoms with van der Waals surface area (Å²) < 4.78 is 48.3. The van der Waals surface area contributed by atoms with E-state index >= 15 is 0 Å². The number of hydrazone groups is 1. The van der Waals surface area contributed by atoms with Gasteiger partial charge in [0.1, 0.15) is 5.69 Å². The largest absolute Gasteiger partial charge is 0.454 e. The van der Waals surface area contributed by atoms with Gasteiger partial charge in [0.05, 0.1) is 16.7 Å². The number of nitro groups is 1. The lowest BCUT2D eigenvalue weighted by Crippen LogP contribution is -2.06. The van der Waals surface area contributed by atoms with Crippen molar-refractivity contribution in [2.45, 2.75) is 6.18 Å². The Morgan fingerprint density at radius 2 is 1.92 bits per heavy atom. The molecule has 1 aliphatic heterocycles. The molecule has 2 aromatic carbocycles. The lowest BCUT2D eigenvalue weighted by Gasteiger charge is -2.08. The SMILES string of the molecule is O=[N+]([O-])c1cc(C(F)(F)F)ccc1NN=Cc1ccc2c(c1)OCO2. The number of halogens is 3. The standard InChI is InChI=1S/C15H10F3N3O4/c16-15(17,18)10-2-3-11(12(6-10)21(22)23)20-19-7-9-1-4-13-14(5-9)25-8-24-13/h1-7,20H,8H2. The zero-order valence-electron chi connectivity index (χ0n) is 12.4. The van der Waals surface area contributed by atoms with Crippen LogP contribution < -0.4 is 14.9 Å². The minimum Gasteiger partial charge on any atom is -0.454 e. The lowest BCUT2D eigenvalue weighted by molar-refractivity contribution is -0.384. The van der Waals surface area contributed by atoms with E-state index in [0.29, 0.717) is 23.1 Å². The summed E-state index contributed by atoms with van der Waals surface area (Å²) in [5.74, 6) is 1.12. The fraction of sp³-hybridized carbons (Fsp3) is 0.133. The van der Waals surface area contributed by atoms with Crippen molar-refractivity contribution in [3.8, 4) is 11.5 Å². The van der Waals surface area contributed by atoms with Crippen LogP contribution in [0.5, 0.6) is 11.5 Å². The summed E-state index contributed by atoms with van der Waals surface area (Å²) in [5.41, 5.74) is 1.01. The summed E-state index contributed by atoms with van der Waals surface area (Å²) in [5, 5.41) is 14.8. The summed E-state index contributed by atoms with van der Waals surface area (Å²) in [6.45, 7) is 0.117. The molecule has 0 amide bonds. The van der Waals surface area contributed by atoms with Gasteiger partial charge in [0.25, 0.3) is 5.69 Å². The molecular weight excluding hydrogens is 343 g/mol. The maximum atomic E-state index is 12.7. The van der Waals surface area contributed by atoms with E-state index in [-0.39, 0.29) is 12.5 Å². The summed E-state index contributed by atoms with van der Waals surface area (Å²) in [6, 6.07) is 7.15. The minimum atomic E-state index is -4.67. The van der Waals surface area contributed by atoms with Gasteiger partial charge in [-0.05, 0) is 35.9 Å². The lowest BCUT2D eigenvalue weighted by atomic mass is 10.1. The minimum absolute atomic E-state index is 0.117. The number of ether oxygens (including phenoxy) is 2. The molecule has 0 fully saturated rings. The number of nitro benzene ring substituents is 1. The molecule has 0 saturated carbocycles. The summed E-state index contributed by atoms with van der Waals surface area (Å²) in [7, 11) is 0. The molecule has 0 atom stereocenters. The highest BCUT2D eigenvalue weighted by Gasteiger charge is 2.33. The third-order valence-electron chi connectivity index (χ3n) is 3.32. The molecule has 1 N–H and O–H groups in total. The highest BCUT2D eigenvalue weighted by atomic mass is 19.4. The second kappa shape index (κ2) is 6.30. The smallest absolute Gasteiger partial charge is 0.416 e. The van der Waals surface area contributed by atoms with E-state index in [4.69, 9.17) is 9.47 Å². The van der Waals surface area contributed by atoms with E-state index < -0.39 is 22.4 Å².